The molecule has 0 bridgehead atoms. The van der Waals surface area contributed by atoms with Crippen LogP contribution >= 0.6 is 0 Å². The Bertz CT molecular complexity index is 693. The van der Waals surface area contributed by atoms with E-state index in [1.807, 2.05) is 0 Å². The number of carboxylic acids is 1. The van der Waals surface area contributed by atoms with E-state index in [0.29, 0.717) is 10.9 Å². The lowest BCUT2D eigenvalue weighted by molar-refractivity contribution is -0.146. The minimum Gasteiger partial charge on any atom is -0.481 e. The number of hydrogen-bond donors (Lipinski definition) is 1. The van der Waals surface area contributed by atoms with Crippen molar-refractivity contribution in [1.29, 1.82) is 0 Å². The van der Waals surface area contributed by atoms with Crippen molar-refractivity contribution in [2.24, 2.45) is 5.41 Å². The highest BCUT2D eigenvalue weighted by atomic mass is 19.4. The van der Waals surface area contributed by atoms with Gasteiger partial charge in [0.15, 0.2) is 0 Å². The first-order valence-corrected chi connectivity index (χ1v) is 6.28. The summed E-state index contributed by atoms with van der Waals surface area (Å²) in [7, 11) is 0. The molecule has 3 nitrogen and oxygen atoms in total. The summed E-state index contributed by atoms with van der Waals surface area (Å²) >= 11 is 0. The second-order valence-electron chi connectivity index (χ2n) is 5.61. The van der Waals surface area contributed by atoms with Crippen LogP contribution in [0.3, 0.4) is 0 Å². The lowest BCUT2D eigenvalue weighted by Crippen LogP contribution is -2.26. The fourth-order valence-electron chi connectivity index (χ4n) is 2.15. The summed E-state index contributed by atoms with van der Waals surface area (Å²) in [6, 6.07) is 4.46. The van der Waals surface area contributed by atoms with Gasteiger partial charge in [0.05, 0.1) is 11.0 Å². The molecule has 0 aliphatic rings. The molecule has 2 rings (SSSR count). The van der Waals surface area contributed by atoms with Crippen molar-refractivity contribution in [3.05, 3.63) is 41.7 Å². The second-order valence-corrected chi connectivity index (χ2v) is 5.61. The van der Waals surface area contributed by atoms with Crippen molar-refractivity contribution < 1.29 is 23.1 Å². The summed E-state index contributed by atoms with van der Waals surface area (Å²) in [6.45, 7) is 3.15. The van der Waals surface area contributed by atoms with E-state index in [1.54, 1.807) is 19.9 Å². The molecule has 0 fully saturated rings. The van der Waals surface area contributed by atoms with Crippen LogP contribution in [0.15, 0.2) is 30.6 Å². The average molecular weight is 297 g/mol. The zero-order valence-corrected chi connectivity index (χ0v) is 11.5. The van der Waals surface area contributed by atoms with Crippen LogP contribution in [0, 0.1) is 5.41 Å². The maximum absolute atomic E-state index is 12.9. The molecule has 0 saturated carbocycles. The number of pyridine rings is 1. The van der Waals surface area contributed by atoms with Gasteiger partial charge in [-0.25, -0.2) is 0 Å². The predicted molar refractivity (Wildman–Crippen MR) is 71.9 cm³/mol. The average Bonchev–Trinajstić information content (AvgIpc) is 2.36. The Kier molecular flexibility index (Phi) is 3.65. The number of carbonyl (C=O) groups is 1. The van der Waals surface area contributed by atoms with Gasteiger partial charge in [0.25, 0.3) is 0 Å². The molecule has 0 aliphatic heterocycles. The third kappa shape index (κ3) is 3.15. The highest BCUT2D eigenvalue weighted by molar-refractivity contribution is 5.86. The zero-order chi connectivity index (χ0) is 15.8. The molecule has 0 unspecified atom stereocenters. The van der Waals surface area contributed by atoms with Crippen molar-refractivity contribution in [1.82, 2.24) is 4.98 Å². The molecule has 2 aromatic rings. The normalized spacial score (nSPS) is 12.6. The standard InChI is InChI=1S/C15H14F3NO2/c1-14(2,13(20)21)6-9-3-4-11-10(5-9)7-19-8-12(11)15(16,17)18/h3-5,7-8H,6H2,1-2H3,(H,20,21). The Hall–Kier alpha value is -2.11. The van der Waals surface area contributed by atoms with Crippen molar-refractivity contribution >= 4 is 16.7 Å². The lowest BCUT2D eigenvalue weighted by atomic mass is 9.85. The molecule has 112 valence electrons. The molecule has 1 aromatic heterocycles. The van der Waals surface area contributed by atoms with Crippen LogP contribution in [-0.2, 0) is 17.4 Å². The summed E-state index contributed by atoms with van der Waals surface area (Å²) in [5.41, 5.74) is -1.11. The molecule has 0 amide bonds. The molecule has 6 heteroatoms. The minimum absolute atomic E-state index is 0.0642. The van der Waals surface area contributed by atoms with Crippen LogP contribution in [0.1, 0.15) is 25.0 Å². The van der Waals surface area contributed by atoms with E-state index in [-0.39, 0.29) is 11.8 Å². The fourth-order valence-corrected chi connectivity index (χ4v) is 2.15. The summed E-state index contributed by atoms with van der Waals surface area (Å²) in [6.07, 6.45) is -2.09. The lowest BCUT2D eigenvalue weighted by Gasteiger charge is -2.19. The van der Waals surface area contributed by atoms with Crippen molar-refractivity contribution in [3.63, 3.8) is 0 Å². The molecule has 1 N–H and O–H groups in total. The van der Waals surface area contributed by atoms with Crippen LogP contribution in [0.4, 0.5) is 13.2 Å². The van der Waals surface area contributed by atoms with Crippen LogP contribution in [-0.4, -0.2) is 16.1 Å². The topological polar surface area (TPSA) is 50.2 Å². The Morgan fingerprint density at radius 2 is 1.90 bits per heavy atom. The van der Waals surface area contributed by atoms with Gasteiger partial charge in [0.1, 0.15) is 0 Å². The molecule has 0 saturated heterocycles. The maximum Gasteiger partial charge on any atom is 0.418 e. The summed E-state index contributed by atoms with van der Waals surface area (Å²) in [4.78, 5) is 14.7. The molecule has 1 heterocycles. The van der Waals surface area contributed by atoms with Gasteiger partial charge in [-0.3, -0.25) is 9.78 Å². The highest BCUT2D eigenvalue weighted by Gasteiger charge is 2.33. The number of rotatable bonds is 3. The van der Waals surface area contributed by atoms with Gasteiger partial charge in [0, 0.05) is 17.8 Å². The molecular weight excluding hydrogens is 283 g/mol. The minimum atomic E-state index is -4.46. The first kappa shape index (κ1) is 15.3. The monoisotopic (exact) mass is 297 g/mol. The number of nitrogens with zero attached hydrogens (tertiary/aromatic N) is 1. The Morgan fingerprint density at radius 3 is 2.48 bits per heavy atom. The molecular formula is C15H14F3NO2. The van der Waals surface area contributed by atoms with Gasteiger partial charge in [-0.2, -0.15) is 13.2 Å². The van der Waals surface area contributed by atoms with Crippen molar-refractivity contribution in [3.8, 4) is 0 Å². The van der Waals surface area contributed by atoms with Crippen LogP contribution < -0.4 is 0 Å². The second kappa shape index (κ2) is 5.02. The third-order valence-electron chi connectivity index (χ3n) is 3.35. The van der Waals surface area contributed by atoms with E-state index in [0.717, 1.165) is 6.20 Å². The number of hydrogen-bond acceptors (Lipinski definition) is 2. The first-order chi connectivity index (χ1) is 9.61. The first-order valence-electron chi connectivity index (χ1n) is 6.28. The largest absolute Gasteiger partial charge is 0.481 e. The number of fused-ring (bicyclic) bond motifs is 1. The smallest absolute Gasteiger partial charge is 0.418 e. The van der Waals surface area contributed by atoms with Crippen LogP contribution in [0.25, 0.3) is 10.8 Å². The van der Waals surface area contributed by atoms with Crippen molar-refractivity contribution in [2.75, 3.05) is 0 Å². The number of carboxylic acid groups (broad SMARTS) is 1. The van der Waals surface area contributed by atoms with Gasteiger partial charge in [-0.15, -0.1) is 0 Å². The van der Waals surface area contributed by atoms with E-state index in [4.69, 9.17) is 5.11 Å². The van der Waals surface area contributed by atoms with Gasteiger partial charge < -0.3 is 5.11 Å². The van der Waals surface area contributed by atoms with Gasteiger partial charge in [-0.1, -0.05) is 12.1 Å². The molecule has 0 atom stereocenters. The number of halogens is 3. The molecule has 1 aromatic carbocycles. The van der Waals surface area contributed by atoms with E-state index in [2.05, 4.69) is 4.98 Å². The summed E-state index contributed by atoms with van der Waals surface area (Å²) in [5.74, 6) is -0.954. The fraction of sp³-hybridized carbons (Fsp3) is 0.333. The maximum atomic E-state index is 12.9. The number of benzene rings is 1. The molecule has 0 spiro atoms. The molecule has 0 radical (unpaired) electrons. The SMILES string of the molecule is CC(C)(Cc1ccc2c(C(F)(F)F)cncc2c1)C(=O)O. The number of aromatic nitrogens is 1. The Labute approximate surface area is 119 Å². The van der Waals surface area contributed by atoms with E-state index >= 15 is 0 Å². The molecule has 21 heavy (non-hydrogen) atoms. The predicted octanol–water partition coefficient (Wildman–Crippen LogP) is 3.91. The highest BCUT2D eigenvalue weighted by Crippen LogP contribution is 2.34. The Morgan fingerprint density at radius 1 is 1.24 bits per heavy atom. The summed E-state index contributed by atoms with van der Waals surface area (Å²) < 4.78 is 38.6. The van der Waals surface area contributed by atoms with Crippen LogP contribution in [0.2, 0.25) is 0 Å². The zero-order valence-electron chi connectivity index (χ0n) is 11.5. The van der Waals surface area contributed by atoms with E-state index in [1.165, 1.54) is 18.3 Å². The van der Waals surface area contributed by atoms with E-state index in [9.17, 15) is 18.0 Å². The van der Waals surface area contributed by atoms with E-state index < -0.39 is 23.1 Å². The van der Waals surface area contributed by atoms with Crippen LogP contribution in [0.5, 0.6) is 0 Å². The molecule has 0 aliphatic carbocycles. The third-order valence-corrected chi connectivity index (χ3v) is 3.35. The van der Waals surface area contributed by atoms with Crippen molar-refractivity contribution in [2.45, 2.75) is 26.4 Å². The quantitative estimate of drug-likeness (QED) is 0.934. The van der Waals surface area contributed by atoms with Gasteiger partial charge in [-0.05, 0) is 37.3 Å². The Balaban J connectivity index is 2.47. The van der Waals surface area contributed by atoms with Gasteiger partial charge >= 0.3 is 12.1 Å². The summed E-state index contributed by atoms with van der Waals surface area (Å²) in [5, 5.41) is 9.52. The number of aliphatic carboxylic acids is 1. The number of alkyl halides is 3. The van der Waals surface area contributed by atoms with Gasteiger partial charge in [0.2, 0.25) is 0 Å².